The van der Waals surface area contributed by atoms with Gasteiger partial charge in [-0.2, -0.15) is 18.4 Å². The molecule has 0 aliphatic rings. The summed E-state index contributed by atoms with van der Waals surface area (Å²) in [5.41, 5.74) is 2.57. The molecule has 0 atom stereocenters. The first kappa shape index (κ1) is 16.6. The molecule has 1 aromatic heterocycles. The minimum atomic E-state index is -4.60. The Balaban J connectivity index is 2.48. The maximum atomic E-state index is 13.0. The lowest BCUT2D eigenvalue weighted by Crippen LogP contribution is -2.24. The number of amides is 1. The van der Waals surface area contributed by atoms with Gasteiger partial charge < -0.3 is 11.1 Å². The van der Waals surface area contributed by atoms with Crippen LogP contribution in [0.4, 0.5) is 23.9 Å². The van der Waals surface area contributed by atoms with E-state index in [0.717, 1.165) is 10.0 Å². The summed E-state index contributed by atoms with van der Waals surface area (Å²) in [6, 6.07) is 6.27. The van der Waals surface area contributed by atoms with Gasteiger partial charge >= 0.3 is 6.18 Å². The zero-order valence-corrected chi connectivity index (χ0v) is 12.2. The van der Waals surface area contributed by atoms with E-state index < -0.39 is 29.8 Å². The number of para-hydroxylation sites is 1. The number of nitrogens with zero attached hydrogens (tertiary/aromatic N) is 2. The van der Waals surface area contributed by atoms with Crippen LogP contribution >= 0.6 is 11.5 Å². The fraction of sp³-hybridized carbons (Fsp3) is 0.154. The first-order chi connectivity index (χ1) is 10.7. The van der Waals surface area contributed by atoms with E-state index in [-0.39, 0.29) is 16.3 Å². The molecule has 3 N–H and O–H groups in total. The molecule has 10 heteroatoms. The maximum Gasteiger partial charge on any atom is 0.418 e. The van der Waals surface area contributed by atoms with Crippen molar-refractivity contribution >= 4 is 28.1 Å². The van der Waals surface area contributed by atoms with Gasteiger partial charge in [0.25, 0.3) is 5.56 Å². The lowest BCUT2D eigenvalue weighted by Gasteiger charge is -2.13. The zero-order chi connectivity index (χ0) is 17.2. The summed E-state index contributed by atoms with van der Waals surface area (Å²) in [4.78, 5) is 22.8. The van der Waals surface area contributed by atoms with E-state index in [9.17, 15) is 22.8 Å². The van der Waals surface area contributed by atoms with Crippen LogP contribution in [0.25, 0.3) is 0 Å². The Morgan fingerprint density at radius 2 is 2.04 bits per heavy atom. The van der Waals surface area contributed by atoms with Crippen molar-refractivity contribution in [2.45, 2.75) is 12.7 Å². The van der Waals surface area contributed by atoms with Gasteiger partial charge in [0, 0.05) is 0 Å². The van der Waals surface area contributed by atoms with Crippen molar-refractivity contribution in [3.8, 4) is 6.07 Å². The van der Waals surface area contributed by atoms with Crippen LogP contribution in [0.3, 0.4) is 0 Å². The summed E-state index contributed by atoms with van der Waals surface area (Å²) in [5.74, 6) is -0.805. The number of carbonyl (C=O) groups excluding carboxylic acids is 1. The minimum absolute atomic E-state index is 0.0875. The fourth-order valence-corrected chi connectivity index (χ4v) is 2.78. The number of primary amides is 1. The Labute approximate surface area is 131 Å². The van der Waals surface area contributed by atoms with E-state index in [1.807, 2.05) is 0 Å². The summed E-state index contributed by atoms with van der Waals surface area (Å²) in [7, 11) is 0. The molecular weight excluding hydrogens is 333 g/mol. The van der Waals surface area contributed by atoms with Crippen LogP contribution in [0.5, 0.6) is 0 Å². The van der Waals surface area contributed by atoms with Crippen molar-refractivity contribution in [2.24, 2.45) is 5.73 Å². The summed E-state index contributed by atoms with van der Waals surface area (Å²) in [6.07, 6.45) is -4.60. The lowest BCUT2D eigenvalue weighted by molar-refractivity contribution is -0.137. The number of nitriles is 1. The van der Waals surface area contributed by atoms with Crippen molar-refractivity contribution in [1.82, 2.24) is 3.96 Å². The number of alkyl halides is 3. The summed E-state index contributed by atoms with van der Waals surface area (Å²) in [6.45, 7) is -0.458. The fourth-order valence-electron chi connectivity index (χ4n) is 1.81. The highest BCUT2D eigenvalue weighted by Gasteiger charge is 2.33. The molecule has 120 valence electrons. The monoisotopic (exact) mass is 342 g/mol. The number of halogens is 3. The molecule has 2 aromatic rings. The van der Waals surface area contributed by atoms with Gasteiger partial charge in [0.05, 0.1) is 11.3 Å². The van der Waals surface area contributed by atoms with Gasteiger partial charge in [-0.15, -0.1) is 0 Å². The highest BCUT2D eigenvalue weighted by molar-refractivity contribution is 7.11. The van der Waals surface area contributed by atoms with Crippen LogP contribution in [-0.2, 0) is 17.5 Å². The number of nitrogens with two attached hydrogens (primary N) is 1. The van der Waals surface area contributed by atoms with E-state index in [2.05, 4.69) is 5.32 Å². The van der Waals surface area contributed by atoms with Crippen molar-refractivity contribution in [3.63, 3.8) is 0 Å². The van der Waals surface area contributed by atoms with Crippen molar-refractivity contribution in [2.75, 3.05) is 5.32 Å². The zero-order valence-electron chi connectivity index (χ0n) is 11.3. The van der Waals surface area contributed by atoms with Gasteiger partial charge in [0.1, 0.15) is 17.6 Å². The van der Waals surface area contributed by atoms with Crippen LogP contribution in [0.1, 0.15) is 11.1 Å². The third kappa shape index (κ3) is 3.51. The second kappa shape index (κ2) is 6.13. The second-order valence-electron chi connectivity index (χ2n) is 4.38. The average Bonchev–Trinajstić information content (AvgIpc) is 2.73. The van der Waals surface area contributed by atoms with Crippen LogP contribution in [0.15, 0.2) is 29.1 Å². The molecular formula is C13H9F3N4O2S. The summed E-state index contributed by atoms with van der Waals surface area (Å²) >= 11 is 0.656. The van der Waals surface area contributed by atoms with Crippen LogP contribution in [-0.4, -0.2) is 9.86 Å². The Kier molecular flexibility index (Phi) is 4.42. The summed E-state index contributed by atoms with van der Waals surface area (Å²) in [5, 5.41) is 11.4. The predicted octanol–water partition coefficient (Wildman–Crippen LogP) is 2.03. The molecule has 0 aliphatic carbocycles. The quantitative estimate of drug-likeness (QED) is 0.888. The van der Waals surface area contributed by atoms with E-state index in [1.165, 1.54) is 18.2 Å². The standard InChI is InChI=1S/C13H9F3N4O2S/c14-13(15,16)8-3-1-2-4-9(8)19-11-7(5-17)12(22)20(23-11)6-10(18)21/h1-4,19H,6H2,(H2,18,21). The smallest absolute Gasteiger partial charge is 0.368 e. The largest absolute Gasteiger partial charge is 0.418 e. The molecule has 0 bridgehead atoms. The SMILES string of the molecule is N#Cc1c(Nc2ccccc2C(F)(F)F)sn(CC(N)=O)c1=O. The van der Waals surface area contributed by atoms with Crippen molar-refractivity contribution in [3.05, 3.63) is 45.7 Å². The van der Waals surface area contributed by atoms with Gasteiger partial charge in [-0.1, -0.05) is 12.1 Å². The van der Waals surface area contributed by atoms with E-state index in [1.54, 1.807) is 6.07 Å². The third-order valence-corrected chi connectivity index (χ3v) is 3.76. The topological polar surface area (TPSA) is 101 Å². The highest BCUT2D eigenvalue weighted by Crippen LogP contribution is 2.36. The van der Waals surface area contributed by atoms with Crippen LogP contribution in [0.2, 0.25) is 0 Å². The van der Waals surface area contributed by atoms with Gasteiger partial charge in [-0.3, -0.25) is 13.5 Å². The normalized spacial score (nSPS) is 11.0. The van der Waals surface area contributed by atoms with Crippen molar-refractivity contribution in [1.29, 1.82) is 5.26 Å². The van der Waals surface area contributed by atoms with E-state index in [4.69, 9.17) is 11.0 Å². The summed E-state index contributed by atoms with van der Waals surface area (Å²) < 4.78 is 39.8. The molecule has 2 rings (SSSR count). The molecule has 1 aromatic carbocycles. The number of rotatable bonds is 4. The molecule has 0 aliphatic heterocycles. The molecule has 0 fully saturated rings. The van der Waals surface area contributed by atoms with Gasteiger partial charge in [0.15, 0.2) is 5.56 Å². The molecule has 23 heavy (non-hydrogen) atoms. The minimum Gasteiger partial charge on any atom is -0.368 e. The number of anilines is 2. The Hall–Kier alpha value is -2.80. The molecule has 0 saturated heterocycles. The molecule has 0 radical (unpaired) electrons. The Morgan fingerprint density at radius 1 is 1.39 bits per heavy atom. The number of carbonyl (C=O) groups is 1. The Bertz CT molecular complexity index is 848. The first-order valence-electron chi connectivity index (χ1n) is 6.09. The molecule has 6 nitrogen and oxygen atoms in total. The molecule has 0 unspecified atom stereocenters. The predicted molar refractivity (Wildman–Crippen MR) is 77.2 cm³/mol. The molecule has 0 saturated carbocycles. The molecule has 1 amide bonds. The van der Waals surface area contributed by atoms with Crippen molar-refractivity contribution < 1.29 is 18.0 Å². The van der Waals surface area contributed by atoms with Gasteiger partial charge in [-0.25, -0.2) is 0 Å². The molecule has 0 spiro atoms. The van der Waals surface area contributed by atoms with Crippen LogP contribution < -0.4 is 16.6 Å². The number of aromatic nitrogens is 1. The Morgan fingerprint density at radius 3 is 2.61 bits per heavy atom. The number of hydrogen-bond donors (Lipinski definition) is 2. The van der Waals surface area contributed by atoms with Crippen LogP contribution in [0, 0.1) is 11.3 Å². The average molecular weight is 342 g/mol. The number of benzene rings is 1. The first-order valence-corrected chi connectivity index (χ1v) is 6.87. The maximum absolute atomic E-state index is 13.0. The number of nitrogens with one attached hydrogen (secondary N) is 1. The van der Waals surface area contributed by atoms with E-state index >= 15 is 0 Å². The second-order valence-corrected chi connectivity index (χ2v) is 5.42. The molecule has 1 heterocycles. The highest BCUT2D eigenvalue weighted by atomic mass is 32.1. The number of hydrogen-bond acceptors (Lipinski definition) is 5. The third-order valence-electron chi connectivity index (χ3n) is 2.76. The van der Waals surface area contributed by atoms with E-state index in [0.29, 0.717) is 11.5 Å². The lowest BCUT2D eigenvalue weighted by atomic mass is 10.1. The van der Waals surface area contributed by atoms with Gasteiger partial charge in [-0.05, 0) is 23.7 Å². The van der Waals surface area contributed by atoms with Gasteiger partial charge in [0.2, 0.25) is 5.91 Å².